The quantitative estimate of drug-likeness (QED) is 0.805. The molecular weight excluding hydrogens is 350 g/mol. The van der Waals surface area contributed by atoms with Crippen molar-refractivity contribution in [2.45, 2.75) is 25.9 Å². The maximum atomic E-state index is 9.51. The average Bonchev–Trinajstić information content (AvgIpc) is 2.66. The third-order valence-electron chi connectivity index (χ3n) is 4.73. The van der Waals surface area contributed by atoms with Crippen LogP contribution >= 0.6 is 11.6 Å². The SMILES string of the molecule is CCOc1ccc(CN2CCN(c3ncccc3Cl)C[C@H]2CCO)cc1. The summed E-state index contributed by atoms with van der Waals surface area (Å²) < 4.78 is 5.51. The first kappa shape index (κ1) is 19.0. The molecule has 3 rings (SSSR count). The lowest BCUT2D eigenvalue weighted by molar-refractivity contribution is 0.135. The summed E-state index contributed by atoms with van der Waals surface area (Å²) in [6, 6.07) is 12.2. The van der Waals surface area contributed by atoms with Crippen LogP contribution in [0.2, 0.25) is 5.02 Å². The number of aromatic nitrogens is 1. The van der Waals surface area contributed by atoms with Gasteiger partial charge in [0.15, 0.2) is 0 Å². The summed E-state index contributed by atoms with van der Waals surface area (Å²) in [5, 5.41) is 10.2. The summed E-state index contributed by atoms with van der Waals surface area (Å²) in [6.07, 6.45) is 2.51. The Labute approximate surface area is 160 Å². The van der Waals surface area contributed by atoms with Crippen LogP contribution < -0.4 is 9.64 Å². The van der Waals surface area contributed by atoms with E-state index in [0.717, 1.165) is 44.2 Å². The fourth-order valence-corrected chi connectivity index (χ4v) is 3.66. The second-order valence-corrected chi connectivity index (χ2v) is 6.88. The van der Waals surface area contributed by atoms with E-state index in [1.165, 1.54) is 5.56 Å². The molecule has 1 N–H and O–H groups in total. The van der Waals surface area contributed by atoms with E-state index in [4.69, 9.17) is 16.3 Å². The molecule has 0 bridgehead atoms. The summed E-state index contributed by atoms with van der Waals surface area (Å²) >= 11 is 6.31. The Morgan fingerprint density at radius 3 is 2.73 bits per heavy atom. The minimum atomic E-state index is 0.175. The third kappa shape index (κ3) is 4.67. The number of aliphatic hydroxyl groups excluding tert-OH is 1. The number of nitrogens with zero attached hydrogens (tertiary/aromatic N) is 3. The molecule has 1 atom stereocenters. The zero-order valence-corrected chi connectivity index (χ0v) is 15.9. The molecule has 0 amide bonds. The molecule has 2 aromatic rings. The lowest BCUT2D eigenvalue weighted by Crippen LogP contribution is -2.53. The fourth-order valence-electron chi connectivity index (χ4n) is 3.42. The van der Waals surface area contributed by atoms with Gasteiger partial charge in [0.1, 0.15) is 11.6 Å². The molecule has 0 aliphatic carbocycles. The van der Waals surface area contributed by atoms with E-state index in [9.17, 15) is 5.11 Å². The molecule has 0 saturated carbocycles. The highest BCUT2D eigenvalue weighted by molar-refractivity contribution is 6.32. The van der Waals surface area contributed by atoms with Crippen LogP contribution in [-0.2, 0) is 6.54 Å². The third-order valence-corrected chi connectivity index (χ3v) is 5.02. The minimum Gasteiger partial charge on any atom is -0.494 e. The van der Waals surface area contributed by atoms with Gasteiger partial charge in [-0.1, -0.05) is 23.7 Å². The number of aliphatic hydroxyl groups is 1. The standard InChI is InChI=1S/C20H26ClN3O2/c1-2-26-18-7-5-16(6-8-18)14-23-11-12-24(15-17(23)9-13-25)20-19(21)4-3-10-22-20/h3-8,10,17,25H,2,9,11-15H2,1H3/t17-/m1/s1. The highest BCUT2D eigenvalue weighted by atomic mass is 35.5. The van der Waals surface area contributed by atoms with Crippen molar-refractivity contribution in [1.29, 1.82) is 0 Å². The normalized spacial score (nSPS) is 18.1. The van der Waals surface area contributed by atoms with Gasteiger partial charge in [0.05, 0.1) is 11.6 Å². The topological polar surface area (TPSA) is 48.8 Å². The summed E-state index contributed by atoms with van der Waals surface area (Å²) in [7, 11) is 0. The lowest BCUT2D eigenvalue weighted by Gasteiger charge is -2.42. The number of hydrogen-bond acceptors (Lipinski definition) is 5. The Morgan fingerprint density at radius 1 is 1.23 bits per heavy atom. The van der Waals surface area contributed by atoms with Gasteiger partial charge < -0.3 is 14.7 Å². The molecule has 1 fully saturated rings. The van der Waals surface area contributed by atoms with Crippen molar-refractivity contribution in [3.05, 3.63) is 53.2 Å². The predicted octanol–water partition coefficient (Wildman–Crippen LogP) is 3.21. The summed E-state index contributed by atoms with van der Waals surface area (Å²) in [4.78, 5) is 9.08. The Morgan fingerprint density at radius 2 is 2.04 bits per heavy atom. The monoisotopic (exact) mass is 375 g/mol. The van der Waals surface area contributed by atoms with E-state index in [2.05, 4.69) is 26.9 Å². The van der Waals surface area contributed by atoms with Crippen LogP contribution in [0.1, 0.15) is 18.9 Å². The second-order valence-electron chi connectivity index (χ2n) is 6.47. The second kappa shape index (κ2) is 9.21. The van der Waals surface area contributed by atoms with E-state index in [1.807, 2.05) is 31.2 Å². The Hall–Kier alpha value is -1.82. The molecule has 1 aromatic carbocycles. The predicted molar refractivity (Wildman–Crippen MR) is 105 cm³/mol. The van der Waals surface area contributed by atoms with Crippen LogP contribution in [0.4, 0.5) is 5.82 Å². The van der Waals surface area contributed by atoms with E-state index in [-0.39, 0.29) is 12.6 Å². The van der Waals surface area contributed by atoms with E-state index >= 15 is 0 Å². The van der Waals surface area contributed by atoms with Gasteiger partial charge in [0.25, 0.3) is 0 Å². The molecule has 2 heterocycles. The number of ether oxygens (including phenoxy) is 1. The molecule has 0 unspecified atom stereocenters. The van der Waals surface area contributed by atoms with E-state index in [0.29, 0.717) is 11.6 Å². The zero-order chi connectivity index (χ0) is 18.4. The maximum Gasteiger partial charge on any atom is 0.147 e. The van der Waals surface area contributed by atoms with Crippen molar-refractivity contribution >= 4 is 17.4 Å². The highest BCUT2D eigenvalue weighted by Gasteiger charge is 2.28. The number of pyridine rings is 1. The highest BCUT2D eigenvalue weighted by Crippen LogP contribution is 2.26. The van der Waals surface area contributed by atoms with Crippen molar-refractivity contribution in [2.24, 2.45) is 0 Å². The molecule has 26 heavy (non-hydrogen) atoms. The van der Waals surface area contributed by atoms with Gasteiger partial charge in [0.2, 0.25) is 0 Å². The van der Waals surface area contributed by atoms with Crippen molar-refractivity contribution in [2.75, 3.05) is 37.7 Å². The van der Waals surface area contributed by atoms with Gasteiger partial charge in [-0.2, -0.15) is 0 Å². The van der Waals surface area contributed by atoms with Gasteiger partial charge in [-0.15, -0.1) is 0 Å². The van der Waals surface area contributed by atoms with Gasteiger partial charge in [-0.25, -0.2) is 4.98 Å². The van der Waals surface area contributed by atoms with Gasteiger partial charge in [-0.05, 0) is 43.2 Å². The molecule has 5 nitrogen and oxygen atoms in total. The Kier molecular flexibility index (Phi) is 6.72. The maximum absolute atomic E-state index is 9.51. The minimum absolute atomic E-state index is 0.175. The average molecular weight is 376 g/mol. The molecule has 6 heteroatoms. The smallest absolute Gasteiger partial charge is 0.147 e. The fraction of sp³-hybridized carbons (Fsp3) is 0.450. The first-order valence-corrected chi connectivity index (χ1v) is 9.51. The van der Waals surface area contributed by atoms with Gasteiger partial charge in [0, 0.05) is 45.0 Å². The van der Waals surface area contributed by atoms with Crippen LogP contribution in [0.5, 0.6) is 5.75 Å². The van der Waals surface area contributed by atoms with Gasteiger partial charge in [-0.3, -0.25) is 4.90 Å². The molecule has 1 aliphatic heterocycles. The van der Waals surface area contributed by atoms with Gasteiger partial charge >= 0.3 is 0 Å². The van der Waals surface area contributed by atoms with E-state index < -0.39 is 0 Å². The Balaban J connectivity index is 1.67. The van der Waals surface area contributed by atoms with E-state index in [1.54, 1.807) is 6.20 Å². The lowest BCUT2D eigenvalue weighted by atomic mass is 10.1. The number of benzene rings is 1. The zero-order valence-electron chi connectivity index (χ0n) is 15.1. The van der Waals surface area contributed by atoms with Crippen LogP contribution in [0, 0.1) is 0 Å². The molecule has 1 aliphatic rings. The molecule has 140 valence electrons. The molecule has 1 aromatic heterocycles. The largest absolute Gasteiger partial charge is 0.494 e. The van der Waals surface area contributed by atoms with Crippen molar-refractivity contribution in [3.8, 4) is 5.75 Å². The Bertz CT molecular complexity index is 696. The molecular formula is C20H26ClN3O2. The van der Waals surface area contributed by atoms with Crippen LogP contribution in [0.15, 0.2) is 42.6 Å². The summed E-state index contributed by atoms with van der Waals surface area (Å²) in [5.74, 6) is 1.73. The first-order chi connectivity index (χ1) is 12.7. The van der Waals surface area contributed by atoms with Crippen LogP contribution in [-0.4, -0.2) is 53.9 Å². The number of hydrogen-bond donors (Lipinski definition) is 1. The van der Waals surface area contributed by atoms with Crippen molar-refractivity contribution in [1.82, 2.24) is 9.88 Å². The molecule has 0 radical (unpaired) electrons. The number of anilines is 1. The van der Waals surface area contributed by atoms with Crippen LogP contribution in [0.25, 0.3) is 0 Å². The number of piperazine rings is 1. The summed E-state index contributed by atoms with van der Waals surface area (Å²) in [6.45, 7) is 6.29. The summed E-state index contributed by atoms with van der Waals surface area (Å²) in [5.41, 5.74) is 1.25. The number of halogens is 1. The first-order valence-electron chi connectivity index (χ1n) is 9.13. The van der Waals surface area contributed by atoms with Crippen molar-refractivity contribution in [3.63, 3.8) is 0 Å². The molecule has 1 saturated heterocycles. The number of rotatable bonds is 7. The molecule has 0 spiro atoms. The van der Waals surface area contributed by atoms with Crippen LogP contribution in [0.3, 0.4) is 0 Å². The van der Waals surface area contributed by atoms with Crippen molar-refractivity contribution < 1.29 is 9.84 Å².